The van der Waals surface area contributed by atoms with Gasteiger partial charge in [-0.15, -0.1) is 0 Å². The number of carboxylic acids is 1. The first-order valence-corrected chi connectivity index (χ1v) is 5.82. The minimum Gasteiger partial charge on any atom is -0.480 e. The second-order valence-electron chi connectivity index (χ2n) is 3.79. The monoisotopic (exact) mass is 295 g/mol. The van der Waals surface area contributed by atoms with Crippen LogP contribution in [-0.4, -0.2) is 21.9 Å². The molecule has 0 spiro atoms. The number of benzene rings is 1. The van der Waals surface area contributed by atoms with E-state index < -0.39 is 12.0 Å². The fraction of sp³-hybridized carbons (Fsp3) is 0.167. The van der Waals surface area contributed by atoms with Crippen molar-refractivity contribution in [3.63, 3.8) is 0 Å². The lowest BCUT2D eigenvalue weighted by Crippen LogP contribution is -2.14. The summed E-state index contributed by atoms with van der Waals surface area (Å²) in [5, 5.41) is 9.77. The van der Waals surface area contributed by atoms with Gasteiger partial charge in [0, 0.05) is 27.1 Å². The number of halogens is 1. The van der Waals surface area contributed by atoms with Gasteiger partial charge in [0.1, 0.15) is 6.04 Å². The Hall–Kier alpha value is -1.62. The summed E-state index contributed by atoms with van der Waals surface area (Å²) in [5.41, 5.74) is 1.24. The lowest BCUT2D eigenvalue weighted by atomic mass is 10.2. The number of aliphatic carboxylic acids is 1. The zero-order chi connectivity index (χ0) is 12.6. The number of rotatable bonds is 3. The molecule has 0 aliphatic heterocycles. The molecule has 4 nitrogen and oxygen atoms in total. The highest BCUT2D eigenvalue weighted by molar-refractivity contribution is 9.10. The number of fused-ring (bicyclic) bond motifs is 1. The van der Waals surface area contributed by atoms with E-state index in [1.165, 1.54) is 0 Å². The van der Waals surface area contributed by atoms with E-state index in [2.05, 4.69) is 15.9 Å². The maximum absolute atomic E-state index is 11.0. The molecule has 1 aromatic heterocycles. The second kappa shape index (κ2) is 4.33. The maximum Gasteiger partial charge on any atom is 0.326 e. The number of hydrogen-bond acceptors (Lipinski definition) is 2. The van der Waals surface area contributed by atoms with Gasteiger partial charge in [-0.2, -0.15) is 0 Å². The van der Waals surface area contributed by atoms with Gasteiger partial charge >= 0.3 is 5.97 Å². The number of aldehydes is 1. The summed E-state index contributed by atoms with van der Waals surface area (Å²) in [6, 6.07) is 4.73. The smallest absolute Gasteiger partial charge is 0.326 e. The topological polar surface area (TPSA) is 59.3 Å². The molecule has 1 heterocycles. The molecule has 88 valence electrons. The zero-order valence-electron chi connectivity index (χ0n) is 9.05. The van der Waals surface area contributed by atoms with Crippen LogP contribution in [0.2, 0.25) is 0 Å². The van der Waals surface area contributed by atoms with Gasteiger partial charge in [0.25, 0.3) is 0 Å². The Bertz CT molecular complexity index is 603. The normalized spacial score (nSPS) is 12.6. The summed E-state index contributed by atoms with van der Waals surface area (Å²) in [7, 11) is 0. The lowest BCUT2D eigenvalue weighted by molar-refractivity contribution is -0.140. The van der Waals surface area contributed by atoms with E-state index in [1.54, 1.807) is 23.8 Å². The van der Waals surface area contributed by atoms with Gasteiger partial charge in [-0.3, -0.25) is 4.79 Å². The highest BCUT2D eigenvalue weighted by atomic mass is 79.9. The molecular formula is C12H10BrNO3. The van der Waals surface area contributed by atoms with Crippen LogP contribution in [0.5, 0.6) is 0 Å². The van der Waals surface area contributed by atoms with Crippen molar-refractivity contribution in [2.45, 2.75) is 13.0 Å². The van der Waals surface area contributed by atoms with Crippen molar-refractivity contribution >= 4 is 39.1 Å². The molecule has 1 N–H and O–H groups in total. The average molecular weight is 296 g/mol. The van der Waals surface area contributed by atoms with E-state index in [0.717, 1.165) is 21.7 Å². The Morgan fingerprint density at radius 2 is 2.24 bits per heavy atom. The quantitative estimate of drug-likeness (QED) is 0.886. The second-order valence-corrected chi connectivity index (χ2v) is 4.70. The van der Waals surface area contributed by atoms with Crippen LogP contribution in [0, 0.1) is 0 Å². The molecule has 0 bridgehead atoms. The summed E-state index contributed by atoms with van der Waals surface area (Å²) >= 11 is 3.33. The van der Waals surface area contributed by atoms with Gasteiger partial charge in [0.05, 0.1) is 0 Å². The highest BCUT2D eigenvalue weighted by Crippen LogP contribution is 2.26. The van der Waals surface area contributed by atoms with E-state index in [-0.39, 0.29) is 0 Å². The van der Waals surface area contributed by atoms with Crippen LogP contribution in [0.15, 0.2) is 28.9 Å². The van der Waals surface area contributed by atoms with E-state index in [0.29, 0.717) is 5.56 Å². The minimum atomic E-state index is -0.928. The number of hydrogen-bond donors (Lipinski definition) is 1. The highest BCUT2D eigenvalue weighted by Gasteiger charge is 2.17. The maximum atomic E-state index is 11.0. The molecule has 0 saturated carbocycles. The number of carbonyl (C=O) groups excluding carboxylic acids is 1. The van der Waals surface area contributed by atoms with Gasteiger partial charge in [-0.1, -0.05) is 15.9 Å². The predicted molar refractivity (Wildman–Crippen MR) is 67.4 cm³/mol. The average Bonchev–Trinajstić information content (AvgIpc) is 2.65. The Kier molecular flexibility index (Phi) is 3.02. The van der Waals surface area contributed by atoms with Crippen molar-refractivity contribution in [3.05, 3.63) is 34.4 Å². The summed E-state index contributed by atoms with van der Waals surface area (Å²) in [6.07, 6.45) is 2.31. The van der Waals surface area contributed by atoms with Crippen molar-refractivity contribution in [2.75, 3.05) is 0 Å². The third-order valence-corrected chi connectivity index (χ3v) is 3.22. The number of nitrogens with zero attached hydrogens (tertiary/aromatic N) is 1. The van der Waals surface area contributed by atoms with E-state index in [9.17, 15) is 9.59 Å². The van der Waals surface area contributed by atoms with Gasteiger partial charge in [0.15, 0.2) is 6.29 Å². The van der Waals surface area contributed by atoms with Gasteiger partial charge in [-0.25, -0.2) is 4.79 Å². The predicted octanol–water partition coefficient (Wildman–Crippen LogP) is 2.86. The SMILES string of the molecule is C[C@H](C(=O)O)n1cc(C=O)c2cc(Br)ccc21. The summed E-state index contributed by atoms with van der Waals surface area (Å²) in [5.74, 6) is -0.928. The molecular weight excluding hydrogens is 286 g/mol. The van der Waals surface area contributed by atoms with Crippen molar-refractivity contribution in [1.82, 2.24) is 4.57 Å². The standard InChI is InChI=1S/C12H10BrNO3/c1-7(12(16)17)14-5-8(6-15)10-4-9(13)2-3-11(10)14/h2-7H,1H3,(H,16,17)/t7-/m1/s1. The van der Waals surface area contributed by atoms with Crippen LogP contribution < -0.4 is 0 Å². The van der Waals surface area contributed by atoms with Crippen LogP contribution in [0.3, 0.4) is 0 Å². The Morgan fingerprint density at radius 3 is 2.82 bits per heavy atom. The Balaban J connectivity index is 2.73. The van der Waals surface area contributed by atoms with E-state index in [1.807, 2.05) is 12.1 Å². The summed E-state index contributed by atoms with van der Waals surface area (Å²) in [6.45, 7) is 1.58. The number of carboxylic acid groups (broad SMARTS) is 1. The fourth-order valence-corrected chi connectivity index (χ4v) is 2.15. The first-order valence-electron chi connectivity index (χ1n) is 5.02. The van der Waals surface area contributed by atoms with Gasteiger partial charge in [0.2, 0.25) is 0 Å². The first-order chi connectivity index (χ1) is 8.04. The molecule has 0 amide bonds. The van der Waals surface area contributed by atoms with Gasteiger partial charge in [-0.05, 0) is 25.1 Å². The summed E-state index contributed by atoms with van der Waals surface area (Å²) in [4.78, 5) is 22.0. The third-order valence-electron chi connectivity index (χ3n) is 2.73. The summed E-state index contributed by atoms with van der Waals surface area (Å²) < 4.78 is 2.45. The largest absolute Gasteiger partial charge is 0.480 e. The van der Waals surface area contributed by atoms with Crippen LogP contribution in [0.4, 0.5) is 0 Å². The molecule has 2 aromatic rings. The zero-order valence-corrected chi connectivity index (χ0v) is 10.6. The van der Waals surface area contributed by atoms with Crippen molar-refractivity contribution in [2.24, 2.45) is 0 Å². The van der Waals surface area contributed by atoms with Crippen LogP contribution in [-0.2, 0) is 4.79 Å². The molecule has 1 aromatic carbocycles. The van der Waals surface area contributed by atoms with E-state index >= 15 is 0 Å². The first kappa shape index (κ1) is 11.9. The molecule has 0 aliphatic rings. The minimum absolute atomic E-state index is 0.495. The fourth-order valence-electron chi connectivity index (χ4n) is 1.79. The van der Waals surface area contributed by atoms with Crippen molar-refractivity contribution in [1.29, 1.82) is 0 Å². The van der Waals surface area contributed by atoms with Crippen molar-refractivity contribution in [3.8, 4) is 0 Å². The van der Waals surface area contributed by atoms with E-state index in [4.69, 9.17) is 5.11 Å². The molecule has 2 rings (SSSR count). The third kappa shape index (κ3) is 1.98. The Labute approximate surface area is 106 Å². The molecule has 17 heavy (non-hydrogen) atoms. The molecule has 5 heteroatoms. The van der Waals surface area contributed by atoms with Crippen LogP contribution in [0.25, 0.3) is 10.9 Å². The molecule has 0 radical (unpaired) electrons. The molecule has 1 atom stereocenters. The molecule has 0 aliphatic carbocycles. The van der Waals surface area contributed by atoms with Crippen LogP contribution in [0.1, 0.15) is 23.3 Å². The molecule has 0 fully saturated rings. The number of carbonyl (C=O) groups is 2. The molecule has 0 saturated heterocycles. The number of aromatic nitrogens is 1. The molecule has 0 unspecified atom stereocenters. The van der Waals surface area contributed by atoms with Crippen molar-refractivity contribution < 1.29 is 14.7 Å². The van der Waals surface area contributed by atoms with Gasteiger partial charge < -0.3 is 9.67 Å². The Morgan fingerprint density at radius 1 is 1.53 bits per heavy atom. The lowest BCUT2D eigenvalue weighted by Gasteiger charge is -2.09. The van der Waals surface area contributed by atoms with Crippen LogP contribution >= 0.6 is 15.9 Å².